The third-order valence-corrected chi connectivity index (χ3v) is 10.2. The molecule has 0 aliphatic heterocycles. The van der Waals surface area contributed by atoms with Gasteiger partial charge in [0.25, 0.3) is 0 Å². The van der Waals surface area contributed by atoms with Crippen molar-refractivity contribution in [3.63, 3.8) is 0 Å². The van der Waals surface area contributed by atoms with E-state index in [1.54, 1.807) is 0 Å². The number of rotatable bonds is 2. The average Bonchev–Trinajstić information content (AvgIpc) is 3.65. The maximum Gasteiger partial charge on any atom is 0.159 e. The second kappa shape index (κ2) is 9.62. The third kappa shape index (κ3) is 3.86. The highest BCUT2D eigenvalue weighted by Gasteiger charge is 2.22. The second-order valence-electron chi connectivity index (χ2n) is 14.0. The van der Waals surface area contributed by atoms with Crippen LogP contribution < -0.4 is 0 Å². The molecule has 0 N–H and O–H groups in total. The summed E-state index contributed by atoms with van der Waals surface area (Å²) in [5, 5.41) is 7.47. The van der Waals surface area contributed by atoms with E-state index in [-0.39, 0.29) is 0 Å². The van der Waals surface area contributed by atoms with Crippen LogP contribution in [-0.2, 0) is 0 Å². The fourth-order valence-electron chi connectivity index (χ4n) is 8.66. The highest BCUT2D eigenvalue weighted by atomic mass is 16.3. The minimum Gasteiger partial charge on any atom is -0.454 e. The van der Waals surface area contributed by atoms with Gasteiger partial charge in [0.15, 0.2) is 5.58 Å². The zero-order valence-electron chi connectivity index (χ0n) is 28.4. The van der Waals surface area contributed by atoms with Crippen LogP contribution in [0.4, 0.5) is 0 Å². The molecule has 3 heterocycles. The molecule has 0 unspecified atom stereocenters. The lowest BCUT2D eigenvalue weighted by molar-refractivity contribution is 0.666. The molecule has 0 saturated heterocycles. The first-order valence-corrected chi connectivity index (χ1v) is 16.6. The summed E-state index contributed by atoms with van der Waals surface area (Å²) in [5.74, 6) is 0. The van der Waals surface area contributed by atoms with Gasteiger partial charge in [-0.15, -0.1) is 0 Å². The van der Waals surface area contributed by atoms with Crippen molar-refractivity contribution in [3.8, 4) is 11.4 Å². The number of para-hydroxylation sites is 1. The zero-order chi connectivity index (χ0) is 32.5. The lowest BCUT2D eigenvalue weighted by atomic mass is 10.0. The smallest absolute Gasteiger partial charge is 0.159 e. The molecule has 0 atom stereocenters. The van der Waals surface area contributed by atoms with Crippen LogP contribution in [0.1, 0.15) is 44.5 Å². The number of furan rings is 1. The summed E-state index contributed by atoms with van der Waals surface area (Å²) in [6.45, 7) is 17.7. The van der Waals surface area contributed by atoms with Gasteiger partial charge >= 0.3 is 0 Å². The van der Waals surface area contributed by atoms with Crippen LogP contribution >= 0.6 is 0 Å². The molecule has 0 radical (unpaired) electrons. The molecule has 0 bridgehead atoms. The highest BCUT2D eigenvalue weighted by Crippen LogP contribution is 2.42. The summed E-state index contributed by atoms with van der Waals surface area (Å²) in [4.78, 5) is 0. The molecule has 0 aliphatic rings. The molecule has 9 aromatic rings. The average molecular weight is 611 g/mol. The van der Waals surface area contributed by atoms with E-state index in [4.69, 9.17) is 4.42 Å². The Hall–Kier alpha value is -5.28. The molecule has 0 saturated carbocycles. The van der Waals surface area contributed by atoms with E-state index in [2.05, 4.69) is 149 Å². The molecular weight excluding hydrogens is 572 g/mol. The van der Waals surface area contributed by atoms with Crippen LogP contribution in [-0.4, -0.2) is 9.13 Å². The van der Waals surface area contributed by atoms with Gasteiger partial charge in [-0.1, -0.05) is 58.7 Å². The number of hydrogen-bond acceptors (Lipinski definition) is 1. The summed E-state index contributed by atoms with van der Waals surface area (Å²) >= 11 is 0. The number of fused-ring (bicyclic) bond motifs is 9. The normalized spacial score (nSPS) is 12.3. The Bertz CT molecular complexity index is 2690. The van der Waals surface area contributed by atoms with Crippen molar-refractivity contribution in [1.29, 1.82) is 0 Å². The lowest BCUT2D eigenvalue weighted by Crippen LogP contribution is -1.98. The fourth-order valence-corrected chi connectivity index (χ4v) is 8.66. The van der Waals surface area contributed by atoms with Gasteiger partial charge in [-0.3, -0.25) is 0 Å². The van der Waals surface area contributed by atoms with Crippen molar-refractivity contribution < 1.29 is 4.42 Å². The zero-order valence-corrected chi connectivity index (χ0v) is 28.4. The van der Waals surface area contributed by atoms with E-state index < -0.39 is 0 Å². The molecule has 9 rings (SSSR count). The Morgan fingerprint density at radius 1 is 0.404 bits per heavy atom. The summed E-state index contributed by atoms with van der Waals surface area (Å²) in [7, 11) is 0. The third-order valence-electron chi connectivity index (χ3n) is 10.2. The van der Waals surface area contributed by atoms with Crippen molar-refractivity contribution in [1.82, 2.24) is 9.13 Å². The fraction of sp³-hybridized carbons (Fsp3) is 0.182. The molecule has 3 aromatic heterocycles. The lowest BCUT2D eigenvalue weighted by Gasteiger charge is -2.12. The van der Waals surface area contributed by atoms with Gasteiger partial charge in [0.2, 0.25) is 0 Å². The van der Waals surface area contributed by atoms with Gasteiger partial charge in [0, 0.05) is 38.0 Å². The predicted octanol–water partition coefficient (Wildman–Crippen LogP) is 12.2. The van der Waals surface area contributed by atoms with Crippen molar-refractivity contribution in [3.05, 3.63) is 129 Å². The van der Waals surface area contributed by atoms with Gasteiger partial charge in [-0.05, 0) is 126 Å². The Morgan fingerprint density at radius 3 is 1.32 bits per heavy atom. The van der Waals surface area contributed by atoms with Crippen LogP contribution in [0.2, 0.25) is 0 Å². The SMILES string of the molecule is Cc1cc(C)c2c(c1)c1cc(C)cc(C)c1n2-c1ccc2oc3c(-n4c5c(C)cc(C)cc5c5cc(C)cc(C)c54)cccc3c2c1. The first kappa shape index (κ1) is 28.0. The Kier molecular flexibility index (Phi) is 5.73. The largest absolute Gasteiger partial charge is 0.454 e. The van der Waals surface area contributed by atoms with E-state index in [9.17, 15) is 0 Å². The van der Waals surface area contributed by atoms with E-state index >= 15 is 0 Å². The van der Waals surface area contributed by atoms with Crippen LogP contribution in [0.15, 0.2) is 89.3 Å². The molecule has 3 heteroatoms. The summed E-state index contributed by atoms with van der Waals surface area (Å²) in [6.07, 6.45) is 0. The molecule has 47 heavy (non-hydrogen) atoms. The summed E-state index contributed by atoms with van der Waals surface area (Å²) in [5.41, 5.74) is 19.3. The van der Waals surface area contributed by atoms with Crippen LogP contribution in [0, 0.1) is 55.4 Å². The van der Waals surface area contributed by atoms with Gasteiger partial charge < -0.3 is 13.6 Å². The van der Waals surface area contributed by atoms with E-state index in [1.807, 2.05) is 0 Å². The molecule has 0 amide bonds. The first-order chi connectivity index (χ1) is 22.6. The van der Waals surface area contributed by atoms with Crippen molar-refractivity contribution >= 4 is 65.6 Å². The number of hydrogen-bond donors (Lipinski definition) is 0. The quantitative estimate of drug-likeness (QED) is 0.191. The van der Waals surface area contributed by atoms with Crippen molar-refractivity contribution in [2.45, 2.75) is 55.4 Å². The topological polar surface area (TPSA) is 23.0 Å². The number of benzene rings is 6. The van der Waals surface area contributed by atoms with Crippen molar-refractivity contribution in [2.75, 3.05) is 0 Å². The van der Waals surface area contributed by atoms with Crippen LogP contribution in [0.3, 0.4) is 0 Å². The van der Waals surface area contributed by atoms with Crippen molar-refractivity contribution in [2.24, 2.45) is 0 Å². The van der Waals surface area contributed by atoms with Gasteiger partial charge in [0.05, 0.1) is 27.8 Å². The molecule has 230 valence electrons. The monoisotopic (exact) mass is 610 g/mol. The van der Waals surface area contributed by atoms with E-state index in [1.165, 1.54) is 88.1 Å². The second-order valence-corrected chi connectivity index (χ2v) is 14.0. The number of aromatic nitrogens is 2. The predicted molar refractivity (Wildman–Crippen MR) is 200 cm³/mol. The first-order valence-electron chi connectivity index (χ1n) is 16.6. The Balaban J connectivity index is 1.37. The molecule has 6 aromatic carbocycles. The van der Waals surface area contributed by atoms with Gasteiger partial charge in [-0.25, -0.2) is 0 Å². The minimum atomic E-state index is 0.901. The molecular formula is C44H38N2O. The maximum atomic E-state index is 6.83. The Labute approximate surface area is 274 Å². The molecule has 0 spiro atoms. The van der Waals surface area contributed by atoms with E-state index in [0.717, 1.165) is 33.3 Å². The Morgan fingerprint density at radius 2 is 0.851 bits per heavy atom. The summed E-state index contributed by atoms with van der Waals surface area (Å²) < 4.78 is 11.8. The standard InChI is InChI=1S/C44H38N2O/c1-23-14-27(5)40-34(18-23)35-19-24(2)15-28(6)41(35)45(40)31-12-13-39-33(22-31)32-10-9-11-38(44(32)47-39)46-42-29(7)16-25(3)20-36(42)37-21-26(4)17-30(8)43(37)46/h9-22H,1-8H3. The molecule has 3 nitrogen and oxygen atoms in total. The minimum absolute atomic E-state index is 0.901. The van der Waals surface area contributed by atoms with Crippen LogP contribution in [0.5, 0.6) is 0 Å². The molecule has 0 fully saturated rings. The van der Waals surface area contributed by atoms with Gasteiger partial charge in [-0.2, -0.15) is 0 Å². The maximum absolute atomic E-state index is 6.83. The number of aryl methyl sites for hydroxylation is 8. The molecule has 0 aliphatic carbocycles. The number of nitrogens with zero attached hydrogens (tertiary/aromatic N) is 2. The van der Waals surface area contributed by atoms with Gasteiger partial charge in [0.1, 0.15) is 5.58 Å². The van der Waals surface area contributed by atoms with E-state index in [0.29, 0.717) is 0 Å². The highest BCUT2D eigenvalue weighted by molar-refractivity contribution is 6.15. The van der Waals surface area contributed by atoms with Crippen LogP contribution in [0.25, 0.3) is 76.9 Å². The summed E-state index contributed by atoms with van der Waals surface area (Å²) in [6, 6.07) is 31.9.